The monoisotopic (exact) mass is 1520 g/mol. The maximum atomic E-state index is 14.8. The van der Waals surface area contributed by atoms with E-state index in [0.29, 0.717) is 11.3 Å². The maximum Gasteiger partial charge on any atom is 0.408 e. The summed E-state index contributed by atoms with van der Waals surface area (Å²) in [6.45, 7) is 21.2. The minimum Gasteiger partial charge on any atom is -0.481 e. The van der Waals surface area contributed by atoms with Crippen LogP contribution in [-0.2, 0) is 99.6 Å². The molecule has 31 heteroatoms. The predicted octanol–water partition coefficient (Wildman–Crippen LogP) is 4.59. The Hall–Kier alpha value is -11.1. The number of ether oxygens (including phenoxy) is 5. The zero-order chi connectivity index (χ0) is 81.2. The van der Waals surface area contributed by atoms with Gasteiger partial charge in [-0.3, -0.25) is 52.7 Å². The smallest absolute Gasteiger partial charge is 0.408 e. The standard InChI is InChI=1S/C78H105N11O20/c1-73(2,3)105-45-58(69(100)85-54(38-48-28-20-16-21-29-48)67(98)87-59(46-106-74(4,5)6)70(101)86-57(41-64(95)108-76(10,11)12)68(99)84-53(71(102)103)36-37-62(92)93)83-61(91)43-80-66(97)56(40-63(94)107-75(7,8)9)82-60(90)42-79-65(96)55(88-72(104)109-77(13,14)15)39-52-44-89(47-81-52)78(49-30-22-17-23-31-49,50-32-24-18-25-33-50)51-34-26-19-27-35-51/h16-35,44,47,53-59H,36-43,45-46H2,1-15H3,(H,79,96)(H,80,97)(H,82,90)(H,83,91)(H,84,99)(H,85,100)(H,86,101)(H,87,98)(H,88,104)(H,92,93)(H,102,103)/t53-,54-,55-,56-,57-,58-,59-/m0/s1. The second-order valence-electron chi connectivity index (χ2n) is 30.8. The molecular formula is C78H105N11O20. The number of esters is 2. The van der Waals surface area contributed by atoms with Crippen molar-refractivity contribution in [3.63, 3.8) is 0 Å². The normalized spacial score (nSPS) is 13.8. The van der Waals surface area contributed by atoms with Crippen molar-refractivity contribution in [2.45, 2.75) is 218 Å². The maximum absolute atomic E-state index is 14.8. The number of imidazole rings is 1. The van der Waals surface area contributed by atoms with E-state index in [4.69, 9.17) is 28.7 Å². The van der Waals surface area contributed by atoms with Crippen molar-refractivity contribution in [2.24, 2.45) is 0 Å². The molecule has 1 heterocycles. The topological polar surface area (TPSA) is 435 Å². The number of carbonyl (C=O) groups excluding carboxylic acids is 11. The molecule has 4 aromatic carbocycles. The number of nitrogens with one attached hydrogen (secondary N) is 9. The molecule has 5 aromatic rings. The van der Waals surface area contributed by atoms with Gasteiger partial charge < -0.3 is 86.3 Å². The highest BCUT2D eigenvalue weighted by atomic mass is 16.6. The lowest BCUT2D eigenvalue weighted by molar-refractivity contribution is -0.157. The van der Waals surface area contributed by atoms with Gasteiger partial charge in [0, 0.05) is 25.5 Å². The largest absolute Gasteiger partial charge is 0.481 e. The lowest BCUT2D eigenvalue weighted by Gasteiger charge is -2.37. The number of carbonyl (C=O) groups is 13. The van der Waals surface area contributed by atoms with E-state index in [0.717, 1.165) is 16.7 Å². The molecule has 0 aliphatic rings. The Labute approximate surface area is 634 Å². The molecule has 0 aliphatic heterocycles. The van der Waals surface area contributed by atoms with Crippen molar-refractivity contribution in [1.29, 1.82) is 0 Å². The first-order valence-electron chi connectivity index (χ1n) is 35.5. The number of hydrogen-bond donors (Lipinski definition) is 11. The number of carboxylic acids is 2. The first kappa shape index (κ1) is 88.5. The van der Waals surface area contributed by atoms with Crippen LogP contribution in [0.3, 0.4) is 0 Å². The Bertz CT molecular complexity index is 3840. The number of aromatic nitrogens is 2. The Kier molecular flexibility index (Phi) is 32.2. The van der Waals surface area contributed by atoms with Crippen molar-refractivity contribution in [2.75, 3.05) is 26.3 Å². The first-order valence-corrected chi connectivity index (χ1v) is 35.5. The van der Waals surface area contributed by atoms with Gasteiger partial charge in [-0.1, -0.05) is 121 Å². The summed E-state index contributed by atoms with van der Waals surface area (Å²) in [6.07, 6.45) is -0.978. The molecule has 0 fully saturated rings. The molecule has 5 rings (SSSR count). The summed E-state index contributed by atoms with van der Waals surface area (Å²) in [5.74, 6) is -13.4. The number of aliphatic carboxylic acids is 2. The SMILES string of the molecule is CC(C)(C)OC[C@H](NC(=O)CNC(=O)[C@H](CC(=O)OC(C)(C)C)NC(=O)CNC(=O)[C@H](Cc1cn(C(c2ccccc2)(c2ccccc2)c2ccccc2)cn1)NC(=O)OC(C)(C)C)C(=O)N[C@@H](Cc1ccccc1)C(=O)N[C@@H](COC(C)(C)C)C(=O)N[C@@H](CC(=O)OC(C)(C)C)C(=O)N[C@@H](CCC(=O)O)C(=O)O. The van der Waals surface area contributed by atoms with Gasteiger partial charge in [0.2, 0.25) is 47.3 Å². The fourth-order valence-corrected chi connectivity index (χ4v) is 10.8. The Morgan fingerprint density at radius 3 is 1.18 bits per heavy atom. The fraction of sp³-hybridized carbons (Fsp3) is 0.487. The lowest BCUT2D eigenvalue weighted by Crippen LogP contribution is -2.61. The summed E-state index contributed by atoms with van der Waals surface area (Å²) in [5, 5.41) is 41.2. The molecule has 0 spiro atoms. The van der Waals surface area contributed by atoms with Gasteiger partial charge in [0.1, 0.15) is 64.6 Å². The Balaban J connectivity index is 1.38. The van der Waals surface area contributed by atoms with Crippen molar-refractivity contribution in [3.8, 4) is 0 Å². The van der Waals surface area contributed by atoms with Crippen LogP contribution in [0.4, 0.5) is 4.79 Å². The van der Waals surface area contributed by atoms with Crippen LogP contribution in [0, 0.1) is 0 Å². The van der Waals surface area contributed by atoms with E-state index in [1.165, 1.54) is 20.8 Å². The van der Waals surface area contributed by atoms with Crippen LogP contribution in [0.1, 0.15) is 157 Å². The van der Waals surface area contributed by atoms with E-state index in [-0.39, 0.29) is 12.8 Å². The highest BCUT2D eigenvalue weighted by molar-refractivity contribution is 5.99. The minimum absolute atomic E-state index is 0.225. The van der Waals surface area contributed by atoms with Crippen LogP contribution in [-0.4, -0.2) is 194 Å². The van der Waals surface area contributed by atoms with Crippen LogP contribution in [0.2, 0.25) is 0 Å². The predicted molar refractivity (Wildman–Crippen MR) is 398 cm³/mol. The van der Waals surface area contributed by atoms with Crippen LogP contribution < -0.4 is 47.9 Å². The first-order chi connectivity index (χ1) is 50.8. The minimum atomic E-state index is -1.88. The van der Waals surface area contributed by atoms with Crippen LogP contribution >= 0.6 is 0 Å². The highest BCUT2D eigenvalue weighted by Gasteiger charge is 2.41. The third kappa shape index (κ3) is 31.0. The van der Waals surface area contributed by atoms with Gasteiger partial charge in [0.25, 0.3) is 0 Å². The quantitative estimate of drug-likeness (QED) is 0.0147. The molecule has 0 saturated carbocycles. The molecule has 0 saturated heterocycles. The summed E-state index contributed by atoms with van der Waals surface area (Å²) >= 11 is 0. The van der Waals surface area contributed by atoms with E-state index in [1.807, 2.05) is 95.6 Å². The molecule has 0 aliphatic carbocycles. The van der Waals surface area contributed by atoms with E-state index in [9.17, 15) is 72.5 Å². The molecule has 109 heavy (non-hydrogen) atoms. The zero-order valence-electron chi connectivity index (χ0n) is 64.5. The summed E-state index contributed by atoms with van der Waals surface area (Å²) in [5.41, 5.74) is -2.61. The average molecular weight is 1520 g/mol. The van der Waals surface area contributed by atoms with Gasteiger partial charge in [-0.25, -0.2) is 14.6 Å². The summed E-state index contributed by atoms with van der Waals surface area (Å²) in [6, 6.07) is 25.7. The molecule has 0 radical (unpaired) electrons. The summed E-state index contributed by atoms with van der Waals surface area (Å²) < 4.78 is 30.2. The third-order valence-corrected chi connectivity index (χ3v) is 15.6. The number of nitrogens with zero attached hydrogens (tertiary/aromatic N) is 2. The third-order valence-electron chi connectivity index (χ3n) is 15.6. The Morgan fingerprint density at radius 1 is 0.404 bits per heavy atom. The number of amides is 9. The lowest BCUT2D eigenvalue weighted by atomic mass is 9.77. The fourth-order valence-electron chi connectivity index (χ4n) is 10.8. The van der Waals surface area contributed by atoms with E-state index < -0.39 is 205 Å². The molecule has 592 valence electrons. The summed E-state index contributed by atoms with van der Waals surface area (Å²) in [4.78, 5) is 183. The van der Waals surface area contributed by atoms with E-state index in [2.05, 4.69) is 47.9 Å². The average Bonchev–Trinajstić information content (AvgIpc) is 1.73. The van der Waals surface area contributed by atoms with E-state index >= 15 is 0 Å². The molecule has 0 bridgehead atoms. The summed E-state index contributed by atoms with van der Waals surface area (Å²) in [7, 11) is 0. The van der Waals surface area contributed by atoms with Crippen molar-refractivity contribution in [1.82, 2.24) is 57.4 Å². The van der Waals surface area contributed by atoms with Gasteiger partial charge in [0.05, 0.1) is 62.4 Å². The Morgan fingerprint density at radius 2 is 0.761 bits per heavy atom. The number of benzene rings is 4. The van der Waals surface area contributed by atoms with Crippen molar-refractivity contribution >= 4 is 77.2 Å². The van der Waals surface area contributed by atoms with Crippen molar-refractivity contribution in [3.05, 3.63) is 162 Å². The van der Waals surface area contributed by atoms with Gasteiger partial charge in [-0.2, -0.15) is 0 Å². The number of hydrogen-bond acceptors (Lipinski definition) is 19. The van der Waals surface area contributed by atoms with Gasteiger partial charge >= 0.3 is 30.0 Å². The molecule has 0 unspecified atom stereocenters. The van der Waals surface area contributed by atoms with Crippen LogP contribution in [0.5, 0.6) is 0 Å². The van der Waals surface area contributed by atoms with Crippen LogP contribution in [0.15, 0.2) is 134 Å². The number of carboxylic acid groups (broad SMARTS) is 2. The van der Waals surface area contributed by atoms with Gasteiger partial charge in [-0.15, -0.1) is 0 Å². The molecule has 1 aromatic heterocycles. The highest BCUT2D eigenvalue weighted by Crippen LogP contribution is 2.41. The molecule has 11 N–H and O–H groups in total. The molecule has 7 atom stereocenters. The zero-order valence-corrected chi connectivity index (χ0v) is 64.5. The van der Waals surface area contributed by atoms with E-state index in [1.54, 1.807) is 126 Å². The molecular weight excluding hydrogens is 1410 g/mol. The van der Waals surface area contributed by atoms with Crippen LogP contribution in [0.25, 0.3) is 0 Å². The molecule has 9 amide bonds. The van der Waals surface area contributed by atoms with Crippen molar-refractivity contribution < 1.29 is 96.2 Å². The van der Waals surface area contributed by atoms with Gasteiger partial charge in [0.15, 0.2) is 0 Å². The second-order valence-corrected chi connectivity index (χ2v) is 30.8. The second kappa shape index (κ2) is 39.7. The number of alkyl carbamates (subject to hydrolysis) is 1. The molecule has 31 nitrogen and oxygen atoms in total. The van der Waals surface area contributed by atoms with Gasteiger partial charge in [-0.05, 0) is 133 Å². The number of rotatable bonds is 37.